The minimum absolute atomic E-state index is 0.0226. The lowest BCUT2D eigenvalue weighted by molar-refractivity contribution is 0.386. The van der Waals surface area contributed by atoms with E-state index in [1.54, 1.807) is 10.6 Å². The lowest BCUT2D eigenvalue weighted by Gasteiger charge is -2.09. The van der Waals surface area contributed by atoms with Gasteiger partial charge in [-0.2, -0.15) is 0 Å². The Labute approximate surface area is 134 Å². The van der Waals surface area contributed by atoms with Gasteiger partial charge in [-0.05, 0) is 30.5 Å². The number of rotatable bonds is 4. The normalized spacial score (nSPS) is 15.0. The maximum atomic E-state index is 13.7. The Balaban J connectivity index is 1.90. The third-order valence-corrected chi connectivity index (χ3v) is 5.50. The number of nitrogens with zero attached hydrogens (tertiary/aromatic N) is 3. The van der Waals surface area contributed by atoms with Crippen molar-refractivity contribution in [2.24, 2.45) is 0 Å². The van der Waals surface area contributed by atoms with Gasteiger partial charge in [0.2, 0.25) is 15.0 Å². The number of sulfone groups is 1. The van der Waals surface area contributed by atoms with Crippen LogP contribution >= 0.6 is 0 Å². The molecule has 1 aromatic heterocycles. The van der Waals surface area contributed by atoms with Gasteiger partial charge in [-0.25, -0.2) is 12.8 Å². The number of halogens is 1. The Kier molecular flexibility index (Phi) is 4.34. The fourth-order valence-corrected chi connectivity index (χ4v) is 4.22. The Morgan fingerprint density at radius 2 is 2.09 bits per heavy atom. The minimum Gasteiger partial charge on any atom is -0.494 e. The van der Waals surface area contributed by atoms with Crippen LogP contribution in [-0.2, 0) is 28.6 Å². The largest absolute Gasteiger partial charge is 0.494 e. The molecule has 0 bridgehead atoms. The number of aryl methyl sites for hydroxylation is 1. The molecule has 1 aromatic carbocycles. The standard InChI is InChI=1S/C15H18FN3O3S/c1-22-13-7-6-11(9-12(13)16)10-23(20,21)15-18-17-14-5-3-2-4-8-19(14)15/h6-7,9H,2-5,8,10H2,1H3. The van der Waals surface area contributed by atoms with Crippen LogP contribution in [0.2, 0.25) is 0 Å². The van der Waals surface area contributed by atoms with Gasteiger partial charge in [0.05, 0.1) is 12.9 Å². The molecule has 6 nitrogen and oxygen atoms in total. The second-order valence-electron chi connectivity index (χ2n) is 5.59. The smallest absolute Gasteiger partial charge is 0.250 e. The zero-order valence-electron chi connectivity index (χ0n) is 12.8. The minimum atomic E-state index is -3.68. The van der Waals surface area contributed by atoms with Gasteiger partial charge in [-0.1, -0.05) is 12.5 Å². The topological polar surface area (TPSA) is 74.1 Å². The molecule has 0 spiro atoms. The summed E-state index contributed by atoms with van der Waals surface area (Å²) in [5, 5.41) is 7.86. The lowest BCUT2D eigenvalue weighted by atomic mass is 10.2. The van der Waals surface area contributed by atoms with Gasteiger partial charge in [0, 0.05) is 13.0 Å². The fraction of sp³-hybridized carbons (Fsp3) is 0.467. The monoisotopic (exact) mass is 339 g/mol. The van der Waals surface area contributed by atoms with E-state index in [1.807, 2.05) is 0 Å². The first-order valence-electron chi connectivity index (χ1n) is 7.48. The first-order chi connectivity index (χ1) is 11.0. The number of benzene rings is 1. The number of hydrogen-bond donors (Lipinski definition) is 0. The molecule has 0 saturated carbocycles. The van der Waals surface area contributed by atoms with E-state index in [-0.39, 0.29) is 16.7 Å². The molecular formula is C15H18FN3O3S. The summed E-state index contributed by atoms with van der Waals surface area (Å²) in [6, 6.07) is 4.14. The first-order valence-corrected chi connectivity index (χ1v) is 9.14. The van der Waals surface area contributed by atoms with Gasteiger partial charge >= 0.3 is 0 Å². The van der Waals surface area contributed by atoms with Gasteiger partial charge in [0.25, 0.3) is 0 Å². The Morgan fingerprint density at radius 3 is 2.83 bits per heavy atom. The van der Waals surface area contributed by atoms with Crippen molar-refractivity contribution in [2.75, 3.05) is 7.11 Å². The van der Waals surface area contributed by atoms with Crippen LogP contribution in [0.25, 0.3) is 0 Å². The van der Waals surface area contributed by atoms with Crippen LogP contribution in [-0.4, -0.2) is 30.3 Å². The molecule has 0 radical (unpaired) electrons. The van der Waals surface area contributed by atoms with Crippen molar-refractivity contribution in [3.63, 3.8) is 0 Å². The summed E-state index contributed by atoms with van der Waals surface area (Å²) in [6.07, 6.45) is 3.68. The third kappa shape index (κ3) is 3.21. The van der Waals surface area contributed by atoms with E-state index < -0.39 is 15.7 Å². The molecule has 0 aliphatic carbocycles. The van der Waals surface area contributed by atoms with Crippen LogP contribution < -0.4 is 4.74 Å². The Bertz CT molecular complexity index is 817. The van der Waals surface area contributed by atoms with Crippen molar-refractivity contribution in [1.82, 2.24) is 14.8 Å². The molecule has 124 valence electrons. The Morgan fingerprint density at radius 1 is 1.26 bits per heavy atom. The summed E-state index contributed by atoms with van der Waals surface area (Å²) in [6.45, 7) is 0.605. The summed E-state index contributed by atoms with van der Waals surface area (Å²) in [7, 11) is -2.32. The molecule has 1 aliphatic rings. The summed E-state index contributed by atoms with van der Waals surface area (Å²) in [4.78, 5) is 0. The highest BCUT2D eigenvalue weighted by Gasteiger charge is 2.26. The van der Waals surface area contributed by atoms with Gasteiger partial charge in [-0.3, -0.25) is 0 Å². The van der Waals surface area contributed by atoms with Gasteiger partial charge in [-0.15, -0.1) is 10.2 Å². The van der Waals surface area contributed by atoms with Crippen molar-refractivity contribution in [3.05, 3.63) is 35.4 Å². The molecule has 0 unspecified atom stereocenters. The number of hydrogen-bond acceptors (Lipinski definition) is 5. The van der Waals surface area contributed by atoms with Crippen molar-refractivity contribution in [1.29, 1.82) is 0 Å². The molecule has 0 amide bonds. The molecule has 0 atom stereocenters. The lowest BCUT2D eigenvalue weighted by Crippen LogP contribution is -2.14. The SMILES string of the molecule is COc1ccc(CS(=O)(=O)c2nnc3n2CCCCC3)cc1F. The van der Waals surface area contributed by atoms with Gasteiger partial charge in [0.15, 0.2) is 11.6 Å². The van der Waals surface area contributed by atoms with Crippen LogP contribution in [0, 0.1) is 5.82 Å². The van der Waals surface area contributed by atoms with E-state index in [1.165, 1.54) is 19.2 Å². The van der Waals surface area contributed by atoms with E-state index in [2.05, 4.69) is 10.2 Å². The van der Waals surface area contributed by atoms with Crippen LogP contribution in [0.15, 0.2) is 23.4 Å². The summed E-state index contributed by atoms with van der Waals surface area (Å²) in [5.74, 6) is -0.101. The summed E-state index contributed by atoms with van der Waals surface area (Å²) in [5.41, 5.74) is 0.356. The second-order valence-corrected chi connectivity index (χ2v) is 7.47. The third-order valence-electron chi connectivity index (χ3n) is 3.93. The maximum Gasteiger partial charge on any atom is 0.250 e. The predicted octanol–water partition coefficient (Wildman–Crippen LogP) is 2.13. The Hall–Kier alpha value is -1.96. The first kappa shape index (κ1) is 15.9. The fourth-order valence-electron chi connectivity index (χ4n) is 2.77. The van der Waals surface area contributed by atoms with Crippen LogP contribution in [0.1, 0.15) is 30.7 Å². The molecule has 0 N–H and O–H groups in total. The average molecular weight is 339 g/mol. The molecule has 8 heteroatoms. The van der Waals surface area contributed by atoms with Crippen LogP contribution in [0.3, 0.4) is 0 Å². The van der Waals surface area contributed by atoms with E-state index >= 15 is 0 Å². The summed E-state index contributed by atoms with van der Waals surface area (Å²) >= 11 is 0. The molecule has 2 aromatic rings. The zero-order valence-corrected chi connectivity index (χ0v) is 13.6. The van der Waals surface area contributed by atoms with E-state index in [0.717, 1.165) is 25.7 Å². The zero-order chi connectivity index (χ0) is 16.4. The van der Waals surface area contributed by atoms with Crippen molar-refractivity contribution >= 4 is 9.84 Å². The maximum absolute atomic E-state index is 13.7. The van der Waals surface area contributed by atoms with E-state index in [0.29, 0.717) is 17.9 Å². The van der Waals surface area contributed by atoms with Crippen LogP contribution in [0.5, 0.6) is 5.75 Å². The highest BCUT2D eigenvalue weighted by atomic mass is 32.2. The van der Waals surface area contributed by atoms with Crippen LogP contribution in [0.4, 0.5) is 4.39 Å². The molecule has 0 saturated heterocycles. The van der Waals surface area contributed by atoms with Crippen molar-refractivity contribution < 1.29 is 17.5 Å². The number of aromatic nitrogens is 3. The highest BCUT2D eigenvalue weighted by Crippen LogP contribution is 2.23. The van der Waals surface area contributed by atoms with E-state index in [9.17, 15) is 12.8 Å². The molecular weight excluding hydrogens is 321 g/mol. The molecule has 3 rings (SSSR count). The van der Waals surface area contributed by atoms with Gasteiger partial charge < -0.3 is 9.30 Å². The van der Waals surface area contributed by atoms with Gasteiger partial charge in [0.1, 0.15) is 5.82 Å². The van der Waals surface area contributed by atoms with Crippen molar-refractivity contribution in [3.8, 4) is 5.75 Å². The summed E-state index contributed by atoms with van der Waals surface area (Å²) < 4.78 is 45.5. The number of fused-ring (bicyclic) bond motifs is 1. The average Bonchev–Trinajstić information content (AvgIpc) is 2.78. The number of methoxy groups -OCH3 is 1. The molecule has 2 heterocycles. The number of ether oxygens (including phenoxy) is 1. The highest BCUT2D eigenvalue weighted by molar-refractivity contribution is 7.90. The predicted molar refractivity (Wildman–Crippen MR) is 81.4 cm³/mol. The quantitative estimate of drug-likeness (QED) is 0.853. The van der Waals surface area contributed by atoms with Crippen molar-refractivity contribution in [2.45, 2.75) is 43.1 Å². The van der Waals surface area contributed by atoms with E-state index in [4.69, 9.17) is 4.74 Å². The second kappa shape index (κ2) is 6.27. The molecule has 1 aliphatic heterocycles. The molecule has 23 heavy (non-hydrogen) atoms. The molecule has 0 fully saturated rings.